The molecule has 0 saturated carbocycles. The molecule has 118 valence electrons. The molecule has 4 nitrogen and oxygen atoms in total. The first-order valence-electron chi connectivity index (χ1n) is 6.64. The number of para-hydroxylation sites is 1. The molecule has 2 rings (SSSR count). The third kappa shape index (κ3) is 3.49. The molecule has 0 bridgehead atoms. The lowest BCUT2D eigenvalue weighted by Crippen LogP contribution is -2.49. The Morgan fingerprint density at radius 3 is 2.19 bits per heavy atom. The van der Waals surface area contributed by atoms with Gasteiger partial charge >= 0.3 is 6.18 Å². The normalized spacial score (nSPS) is 18.0. The van der Waals surface area contributed by atoms with E-state index in [1.807, 2.05) is 0 Å². The number of halogens is 3. The summed E-state index contributed by atoms with van der Waals surface area (Å²) in [5.41, 5.74) is -0.574. The molecule has 1 aromatic carbocycles. The minimum Gasteiger partial charge on any atom is -0.368 e. The first kappa shape index (κ1) is 16.1. The van der Waals surface area contributed by atoms with Crippen molar-refractivity contribution in [1.29, 1.82) is 0 Å². The highest BCUT2D eigenvalue weighted by Crippen LogP contribution is 2.36. The van der Waals surface area contributed by atoms with Crippen LogP contribution in [0.3, 0.4) is 0 Å². The van der Waals surface area contributed by atoms with Gasteiger partial charge in [-0.1, -0.05) is 12.1 Å². The number of benzene rings is 1. The van der Waals surface area contributed by atoms with Gasteiger partial charge in [-0.15, -0.1) is 0 Å². The van der Waals surface area contributed by atoms with E-state index in [0.29, 0.717) is 0 Å². The van der Waals surface area contributed by atoms with Crippen LogP contribution in [0.2, 0.25) is 0 Å². The predicted octanol–water partition coefficient (Wildman–Crippen LogP) is 2.18. The Kier molecular flexibility index (Phi) is 4.48. The summed E-state index contributed by atoms with van der Waals surface area (Å²) in [6.07, 6.45) is -4.41. The van der Waals surface area contributed by atoms with Gasteiger partial charge in [-0.3, -0.25) is 0 Å². The van der Waals surface area contributed by atoms with E-state index in [9.17, 15) is 21.6 Å². The molecule has 21 heavy (non-hydrogen) atoms. The molecule has 1 heterocycles. The van der Waals surface area contributed by atoms with Gasteiger partial charge < -0.3 is 4.90 Å². The summed E-state index contributed by atoms with van der Waals surface area (Å²) in [6.45, 7) is 2.49. The zero-order valence-corrected chi connectivity index (χ0v) is 12.4. The Labute approximate surface area is 122 Å². The fourth-order valence-electron chi connectivity index (χ4n) is 2.38. The molecular weight excluding hydrogens is 305 g/mol. The molecule has 0 aliphatic carbocycles. The monoisotopic (exact) mass is 322 g/mol. The van der Waals surface area contributed by atoms with E-state index in [-0.39, 0.29) is 37.6 Å². The molecule has 0 amide bonds. The van der Waals surface area contributed by atoms with Crippen LogP contribution in [-0.2, 0) is 16.2 Å². The quantitative estimate of drug-likeness (QED) is 0.856. The smallest absolute Gasteiger partial charge is 0.368 e. The summed E-state index contributed by atoms with van der Waals surface area (Å²) < 4.78 is 63.8. The molecule has 1 aliphatic rings. The number of anilines is 1. The van der Waals surface area contributed by atoms with Crippen LogP contribution in [0.15, 0.2) is 24.3 Å². The molecule has 0 spiro atoms. The maximum atomic E-state index is 13.0. The molecular formula is C13H17F3N2O2S. The summed E-state index contributed by atoms with van der Waals surface area (Å²) in [6, 6.07) is 5.38. The van der Waals surface area contributed by atoms with Crippen LogP contribution in [0.1, 0.15) is 12.5 Å². The highest BCUT2D eigenvalue weighted by Gasteiger charge is 2.35. The van der Waals surface area contributed by atoms with Crippen molar-refractivity contribution < 1.29 is 21.6 Å². The van der Waals surface area contributed by atoms with Gasteiger partial charge in [0.2, 0.25) is 10.0 Å². The molecule has 0 aromatic heterocycles. The Morgan fingerprint density at radius 2 is 1.67 bits per heavy atom. The number of nitrogens with zero attached hydrogens (tertiary/aromatic N) is 2. The maximum absolute atomic E-state index is 13.0. The third-order valence-corrected chi connectivity index (χ3v) is 5.43. The lowest BCUT2D eigenvalue weighted by atomic mass is 10.1. The molecule has 8 heteroatoms. The van der Waals surface area contributed by atoms with Gasteiger partial charge in [0.15, 0.2) is 0 Å². The zero-order chi connectivity index (χ0) is 15.7. The van der Waals surface area contributed by atoms with Crippen molar-refractivity contribution >= 4 is 15.7 Å². The van der Waals surface area contributed by atoms with E-state index in [0.717, 1.165) is 6.07 Å². The highest BCUT2D eigenvalue weighted by atomic mass is 32.2. The minimum atomic E-state index is -4.41. The average Bonchev–Trinajstić information content (AvgIpc) is 2.46. The van der Waals surface area contributed by atoms with Gasteiger partial charge in [-0.25, -0.2) is 8.42 Å². The van der Waals surface area contributed by atoms with Crippen molar-refractivity contribution in [2.45, 2.75) is 13.1 Å². The Balaban J connectivity index is 2.17. The second-order valence-electron chi connectivity index (χ2n) is 4.80. The van der Waals surface area contributed by atoms with Crippen LogP contribution in [0.25, 0.3) is 0 Å². The van der Waals surface area contributed by atoms with E-state index in [1.165, 1.54) is 16.4 Å². The fraction of sp³-hybridized carbons (Fsp3) is 0.538. The van der Waals surface area contributed by atoms with Gasteiger partial charge in [0.25, 0.3) is 0 Å². The molecule has 1 aliphatic heterocycles. The number of rotatable bonds is 3. The first-order chi connectivity index (χ1) is 9.75. The maximum Gasteiger partial charge on any atom is 0.418 e. The zero-order valence-electron chi connectivity index (χ0n) is 11.6. The third-order valence-electron chi connectivity index (χ3n) is 3.55. The largest absolute Gasteiger partial charge is 0.418 e. The highest BCUT2D eigenvalue weighted by molar-refractivity contribution is 7.89. The average molecular weight is 322 g/mol. The topological polar surface area (TPSA) is 40.6 Å². The number of hydrogen-bond acceptors (Lipinski definition) is 3. The van der Waals surface area contributed by atoms with Crippen molar-refractivity contribution in [2.75, 3.05) is 36.8 Å². The second-order valence-corrected chi connectivity index (χ2v) is 7.06. The van der Waals surface area contributed by atoms with Crippen LogP contribution in [0.4, 0.5) is 18.9 Å². The molecule has 0 atom stereocenters. The van der Waals surface area contributed by atoms with Crippen LogP contribution in [0.5, 0.6) is 0 Å². The predicted molar refractivity (Wildman–Crippen MR) is 74.7 cm³/mol. The van der Waals surface area contributed by atoms with E-state index in [2.05, 4.69) is 0 Å². The number of hydrogen-bond donors (Lipinski definition) is 0. The summed E-state index contributed by atoms with van der Waals surface area (Å²) in [5.74, 6) is 0.00609. The van der Waals surface area contributed by atoms with Gasteiger partial charge in [0.1, 0.15) is 0 Å². The van der Waals surface area contributed by atoms with Crippen LogP contribution < -0.4 is 4.90 Å². The summed E-state index contributed by atoms with van der Waals surface area (Å²) in [4.78, 5) is 1.59. The molecule has 1 saturated heterocycles. The molecule has 0 N–H and O–H groups in total. The Hall–Kier alpha value is -1.28. The second kappa shape index (κ2) is 5.84. The van der Waals surface area contributed by atoms with E-state index in [1.54, 1.807) is 17.9 Å². The van der Waals surface area contributed by atoms with Gasteiger partial charge in [0, 0.05) is 31.9 Å². The van der Waals surface area contributed by atoms with Crippen molar-refractivity contribution in [3.8, 4) is 0 Å². The van der Waals surface area contributed by atoms with E-state index in [4.69, 9.17) is 0 Å². The summed E-state index contributed by atoms with van der Waals surface area (Å²) in [7, 11) is -3.28. The summed E-state index contributed by atoms with van der Waals surface area (Å²) >= 11 is 0. The Morgan fingerprint density at radius 1 is 1.10 bits per heavy atom. The van der Waals surface area contributed by atoms with Crippen LogP contribution in [0, 0.1) is 0 Å². The minimum absolute atomic E-state index is 0.00609. The van der Waals surface area contributed by atoms with Gasteiger partial charge in [-0.05, 0) is 19.1 Å². The van der Waals surface area contributed by atoms with Gasteiger partial charge in [0.05, 0.1) is 11.3 Å². The van der Waals surface area contributed by atoms with Crippen molar-refractivity contribution in [1.82, 2.24) is 4.31 Å². The number of sulfonamides is 1. The summed E-state index contributed by atoms with van der Waals surface area (Å²) in [5, 5.41) is 0. The van der Waals surface area contributed by atoms with E-state index >= 15 is 0 Å². The number of alkyl halides is 3. The van der Waals surface area contributed by atoms with E-state index < -0.39 is 21.8 Å². The lowest BCUT2D eigenvalue weighted by Gasteiger charge is -2.36. The van der Waals surface area contributed by atoms with Crippen LogP contribution >= 0.6 is 0 Å². The standard InChI is InChI=1S/C13H17F3N2O2S/c1-2-21(19,20)18-9-7-17(8-10-18)12-6-4-3-5-11(12)13(14,15)16/h3-6H,2,7-10H2,1H3. The molecule has 1 aromatic rings. The van der Waals surface area contributed by atoms with Crippen LogP contribution in [-0.4, -0.2) is 44.7 Å². The van der Waals surface area contributed by atoms with Crippen molar-refractivity contribution in [3.05, 3.63) is 29.8 Å². The molecule has 0 unspecified atom stereocenters. The number of piperazine rings is 1. The van der Waals surface area contributed by atoms with Crippen molar-refractivity contribution in [2.24, 2.45) is 0 Å². The van der Waals surface area contributed by atoms with Gasteiger partial charge in [-0.2, -0.15) is 17.5 Å². The molecule has 1 fully saturated rings. The molecule has 0 radical (unpaired) electrons. The first-order valence-corrected chi connectivity index (χ1v) is 8.25. The lowest BCUT2D eigenvalue weighted by molar-refractivity contribution is -0.137. The van der Waals surface area contributed by atoms with Crippen molar-refractivity contribution in [3.63, 3.8) is 0 Å². The fourth-order valence-corrected chi connectivity index (χ4v) is 3.46. The Bertz CT molecular complexity index is 594. The SMILES string of the molecule is CCS(=O)(=O)N1CCN(c2ccccc2C(F)(F)F)CC1.